The second-order valence-electron chi connectivity index (χ2n) is 6.87. The van der Waals surface area contributed by atoms with Crippen LogP contribution < -0.4 is 18.9 Å². The molecule has 4 rings (SSSR count). The summed E-state index contributed by atoms with van der Waals surface area (Å²) < 4.78 is 45.2. The van der Waals surface area contributed by atoms with Crippen molar-refractivity contribution in [1.82, 2.24) is 19.9 Å². The van der Waals surface area contributed by atoms with Gasteiger partial charge in [-0.1, -0.05) is 12.1 Å². The molecule has 3 aromatic heterocycles. The second kappa shape index (κ2) is 9.92. The Labute approximate surface area is 205 Å². The third kappa shape index (κ3) is 5.13. The van der Waals surface area contributed by atoms with Gasteiger partial charge in [-0.05, 0) is 31.2 Å². The zero-order chi connectivity index (χ0) is 25.0. The molecular formula is C22H18N6O5S2. The van der Waals surface area contributed by atoms with E-state index in [1.54, 1.807) is 37.3 Å². The fourth-order valence-corrected chi connectivity index (χ4v) is 5.05. The zero-order valence-corrected chi connectivity index (χ0v) is 20.3. The summed E-state index contributed by atoms with van der Waals surface area (Å²) in [6.45, 7) is 1.74. The number of anilines is 1. The summed E-state index contributed by atoms with van der Waals surface area (Å²) in [7, 11) is -1.29. The van der Waals surface area contributed by atoms with Crippen LogP contribution in [0.1, 0.15) is 10.6 Å². The molecule has 11 nitrogen and oxygen atoms in total. The average molecular weight is 511 g/mol. The number of aromatic nitrogens is 4. The molecule has 0 aliphatic rings. The quantitative estimate of drug-likeness (QED) is 0.371. The highest BCUT2D eigenvalue weighted by atomic mass is 32.2. The molecule has 0 saturated heterocycles. The molecule has 35 heavy (non-hydrogen) atoms. The lowest BCUT2D eigenvalue weighted by atomic mass is 10.2. The van der Waals surface area contributed by atoms with E-state index in [0.717, 1.165) is 16.2 Å². The van der Waals surface area contributed by atoms with Crippen LogP contribution in [-0.4, -0.2) is 42.6 Å². The van der Waals surface area contributed by atoms with Crippen molar-refractivity contribution in [2.24, 2.45) is 0 Å². The van der Waals surface area contributed by atoms with Crippen LogP contribution in [-0.2, 0) is 10.0 Å². The first-order valence-electron chi connectivity index (χ1n) is 9.93. The minimum Gasteiger partial charge on any atom is -0.493 e. The molecule has 0 fully saturated rings. The number of rotatable bonds is 8. The number of nitriles is 1. The predicted molar refractivity (Wildman–Crippen MR) is 127 cm³/mol. The molecule has 0 radical (unpaired) electrons. The highest BCUT2D eigenvalue weighted by Gasteiger charge is 2.26. The lowest BCUT2D eigenvalue weighted by Crippen LogP contribution is -2.15. The van der Waals surface area contributed by atoms with Gasteiger partial charge in [0.2, 0.25) is 10.1 Å². The largest absolute Gasteiger partial charge is 0.493 e. The number of methoxy groups -OCH3 is 2. The van der Waals surface area contributed by atoms with Gasteiger partial charge in [0, 0.05) is 22.8 Å². The van der Waals surface area contributed by atoms with Crippen molar-refractivity contribution >= 4 is 27.2 Å². The second-order valence-corrected chi connectivity index (χ2v) is 9.96. The third-order valence-electron chi connectivity index (χ3n) is 4.50. The fourth-order valence-electron chi connectivity index (χ4n) is 2.93. The van der Waals surface area contributed by atoms with E-state index in [1.807, 2.05) is 6.07 Å². The number of ether oxygens (including phenoxy) is 3. The molecule has 0 bridgehead atoms. The topological polar surface area (TPSA) is 149 Å². The van der Waals surface area contributed by atoms with E-state index >= 15 is 0 Å². The number of hydrogen-bond donors (Lipinski definition) is 1. The van der Waals surface area contributed by atoms with Gasteiger partial charge in [0.25, 0.3) is 15.9 Å². The van der Waals surface area contributed by atoms with Gasteiger partial charge in [-0.2, -0.15) is 18.7 Å². The molecule has 1 N–H and O–H groups in total. The molecule has 0 unspecified atom stereocenters. The first-order chi connectivity index (χ1) is 16.8. The Hall–Kier alpha value is -4.28. The van der Waals surface area contributed by atoms with Crippen LogP contribution in [0.4, 0.5) is 5.82 Å². The van der Waals surface area contributed by atoms with Crippen molar-refractivity contribution in [3.05, 3.63) is 59.4 Å². The standard InChI is InChI=1S/C22H18N6O5S2/c1-13-12-25-22(34-13)35(29,30)28-20-18(33-17-7-5-4-6-16(17)31-2)21(32-3)27-19(26-20)14-8-9-24-15(10-14)11-23/h4-10,12H,1-3H3,(H,26,27,28). The SMILES string of the molecule is COc1ccccc1Oc1c(NS(=O)(=O)c2ncc(C)s2)nc(-c2ccnc(C#N)c2)nc1OC. The van der Waals surface area contributed by atoms with Crippen LogP contribution in [0.25, 0.3) is 11.4 Å². The number of nitrogens with one attached hydrogen (secondary N) is 1. The van der Waals surface area contributed by atoms with Crippen molar-refractivity contribution in [2.45, 2.75) is 11.3 Å². The summed E-state index contributed by atoms with van der Waals surface area (Å²) in [5.41, 5.74) is 0.559. The van der Waals surface area contributed by atoms with E-state index in [0.29, 0.717) is 11.3 Å². The van der Waals surface area contributed by atoms with Crippen molar-refractivity contribution in [1.29, 1.82) is 5.26 Å². The Morgan fingerprint density at radius 3 is 2.49 bits per heavy atom. The Bertz CT molecular complexity index is 1530. The van der Waals surface area contributed by atoms with Gasteiger partial charge in [0.05, 0.1) is 14.2 Å². The fraction of sp³-hybridized carbons (Fsp3) is 0.136. The number of nitrogens with zero attached hydrogens (tertiary/aromatic N) is 5. The van der Waals surface area contributed by atoms with Gasteiger partial charge >= 0.3 is 0 Å². The summed E-state index contributed by atoms with van der Waals surface area (Å²) in [6.07, 6.45) is 2.88. The number of para-hydroxylation sites is 2. The molecule has 1 aromatic carbocycles. The molecule has 0 aliphatic carbocycles. The molecule has 4 aromatic rings. The minimum absolute atomic E-state index is 0.0516. The van der Waals surface area contributed by atoms with Crippen LogP contribution in [0.3, 0.4) is 0 Å². The van der Waals surface area contributed by atoms with E-state index in [9.17, 15) is 13.7 Å². The molecule has 0 atom stereocenters. The Morgan fingerprint density at radius 1 is 1.06 bits per heavy atom. The van der Waals surface area contributed by atoms with Crippen molar-refractivity contribution in [3.8, 4) is 40.6 Å². The van der Waals surface area contributed by atoms with Gasteiger partial charge in [0.15, 0.2) is 23.1 Å². The van der Waals surface area contributed by atoms with Crippen LogP contribution in [0.2, 0.25) is 0 Å². The number of hydrogen-bond acceptors (Lipinski definition) is 11. The van der Waals surface area contributed by atoms with E-state index in [4.69, 9.17) is 14.2 Å². The molecule has 13 heteroatoms. The number of benzene rings is 1. The van der Waals surface area contributed by atoms with Gasteiger partial charge < -0.3 is 14.2 Å². The molecule has 0 spiro atoms. The maximum Gasteiger partial charge on any atom is 0.290 e. The maximum atomic E-state index is 13.1. The predicted octanol–water partition coefficient (Wildman–Crippen LogP) is 3.79. The van der Waals surface area contributed by atoms with Crippen molar-refractivity contribution < 1.29 is 22.6 Å². The zero-order valence-electron chi connectivity index (χ0n) is 18.7. The van der Waals surface area contributed by atoms with Crippen molar-refractivity contribution in [2.75, 3.05) is 18.9 Å². The normalized spacial score (nSPS) is 10.9. The van der Waals surface area contributed by atoms with E-state index < -0.39 is 10.0 Å². The molecular weight excluding hydrogens is 492 g/mol. The van der Waals surface area contributed by atoms with Crippen LogP contribution in [0.5, 0.6) is 23.1 Å². The average Bonchev–Trinajstić information content (AvgIpc) is 3.32. The summed E-state index contributed by atoms with van der Waals surface area (Å²) in [5.74, 6) is 0.431. The van der Waals surface area contributed by atoms with Gasteiger partial charge in [0.1, 0.15) is 11.8 Å². The Kier molecular flexibility index (Phi) is 6.76. The smallest absolute Gasteiger partial charge is 0.290 e. The number of aryl methyl sites for hydroxylation is 1. The summed E-state index contributed by atoms with van der Waals surface area (Å²) in [5, 5.41) is 9.20. The van der Waals surface area contributed by atoms with Gasteiger partial charge in [-0.25, -0.2) is 15.0 Å². The molecule has 178 valence electrons. The maximum absolute atomic E-state index is 13.1. The van der Waals surface area contributed by atoms with Crippen LogP contribution >= 0.6 is 11.3 Å². The molecule has 3 heterocycles. The highest BCUT2D eigenvalue weighted by Crippen LogP contribution is 2.41. The number of thiazole rings is 1. The lowest BCUT2D eigenvalue weighted by molar-refractivity contribution is 0.348. The first kappa shape index (κ1) is 23.9. The molecule has 0 aliphatic heterocycles. The highest BCUT2D eigenvalue weighted by molar-refractivity contribution is 7.94. The summed E-state index contributed by atoms with van der Waals surface area (Å²) in [6, 6.07) is 11.8. The first-order valence-corrected chi connectivity index (χ1v) is 12.2. The van der Waals surface area contributed by atoms with Gasteiger partial charge in [-0.15, -0.1) is 11.3 Å². The van der Waals surface area contributed by atoms with Gasteiger partial charge in [-0.3, -0.25) is 4.72 Å². The molecule has 0 amide bonds. The number of sulfonamides is 1. The Morgan fingerprint density at radius 2 is 1.83 bits per heavy atom. The third-order valence-corrected chi connectivity index (χ3v) is 7.15. The van der Waals surface area contributed by atoms with Crippen LogP contribution in [0.15, 0.2) is 53.1 Å². The minimum atomic E-state index is -4.12. The lowest BCUT2D eigenvalue weighted by Gasteiger charge is -2.17. The van der Waals surface area contributed by atoms with Crippen molar-refractivity contribution in [3.63, 3.8) is 0 Å². The molecule has 0 saturated carbocycles. The summed E-state index contributed by atoms with van der Waals surface area (Å²) in [4.78, 5) is 17.4. The Balaban J connectivity index is 1.89. The number of pyridine rings is 1. The van der Waals surface area contributed by atoms with E-state index in [2.05, 4.69) is 24.7 Å². The monoisotopic (exact) mass is 510 g/mol. The summed E-state index contributed by atoms with van der Waals surface area (Å²) >= 11 is 1.00. The van der Waals surface area contributed by atoms with E-state index in [-0.39, 0.29) is 39.1 Å². The van der Waals surface area contributed by atoms with Crippen LogP contribution in [0, 0.1) is 18.3 Å². The van der Waals surface area contributed by atoms with E-state index in [1.165, 1.54) is 32.7 Å².